The van der Waals surface area contributed by atoms with Gasteiger partial charge in [-0.1, -0.05) is 19.9 Å². The van der Waals surface area contributed by atoms with Crippen molar-refractivity contribution in [3.63, 3.8) is 0 Å². The maximum atomic E-state index is 4.54. The summed E-state index contributed by atoms with van der Waals surface area (Å²) in [7, 11) is 0. The van der Waals surface area contributed by atoms with Gasteiger partial charge >= 0.3 is 0 Å². The van der Waals surface area contributed by atoms with E-state index in [1.165, 1.54) is 5.56 Å². The summed E-state index contributed by atoms with van der Waals surface area (Å²) in [5.74, 6) is 0.526. The average molecular weight is 211 g/mol. The smallest absolute Gasteiger partial charge is 0.137 e. The summed E-state index contributed by atoms with van der Waals surface area (Å²) >= 11 is 0. The van der Waals surface area contributed by atoms with Crippen LogP contribution in [0.5, 0.6) is 0 Å². The van der Waals surface area contributed by atoms with Crippen LogP contribution in [-0.2, 0) is 0 Å². The molecule has 0 saturated carbocycles. The Kier molecular flexibility index (Phi) is 1.93. The third-order valence-corrected chi connectivity index (χ3v) is 2.89. The Morgan fingerprint density at radius 2 is 2.06 bits per heavy atom. The summed E-state index contributed by atoms with van der Waals surface area (Å²) in [5, 5.41) is 0. The molecule has 3 aromatic heterocycles. The molecule has 0 aromatic carbocycles. The monoisotopic (exact) mass is 211 g/mol. The van der Waals surface area contributed by atoms with Crippen molar-refractivity contribution < 1.29 is 0 Å². The van der Waals surface area contributed by atoms with Crippen molar-refractivity contribution in [3.8, 4) is 0 Å². The molecule has 16 heavy (non-hydrogen) atoms. The van der Waals surface area contributed by atoms with Gasteiger partial charge in [0.15, 0.2) is 0 Å². The van der Waals surface area contributed by atoms with Gasteiger partial charge in [0.25, 0.3) is 0 Å². The van der Waals surface area contributed by atoms with Gasteiger partial charge in [0, 0.05) is 12.4 Å². The van der Waals surface area contributed by atoms with Crippen molar-refractivity contribution in [3.05, 3.63) is 42.4 Å². The van der Waals surface area contributed by atoms with Crippen LogP contribution in [0.3, 0.4) is 0 Å². The van der Waals surface area contributed by atoms with Crippen LogP contribution < -0.4 is 0 Å². The Morgan fingerprint density at radius 1 is 1.19 bits per heavy atom. The van der Waals surface area contributed by atoms with Gasteiger partial charge in [-0.2, -0.15) is 0 Å². The highest BCUT2D eigenvalue weighted by molar-refractivity contribution is 5.79. The van der Waals surface area contributed by atoms with E-state index in [4.69, 9.17) is 0 Å². The van der Waals surface area contributed by atoms with E-state index in [2.05, 4.69) is 46.5 Å². The molecule has 0 aliphatic rings. The minimum atomic E-state index is 0.526. The standard InChI is InChI=1S/C13H13N3/c1-9(2)10-3-4-13-15-11-5-6-14-7-12(11)16(13)8-10/h3-9H,1-2H3. The fraction of sp³-hybridized carbons (Fsp3) is 0.231. The van der Waals surface area contributed by atoms with Gasteiger partial charge < -0.3 is 0 Å². The Labute approximate surface area is 93.8 Å². The highest BCUT2D eigenvalue weighted by atomic mass is 15.0. The molecule has 3 heterocycles. The van der Waals surface area contributed by atoms with E-state index in [0.29, 0.717) is 5.92 Å². The van der Waals surface area contributed by atoms with E-state index in [9.17, 15) is 0 Å². The minimum Gasteiger partial charge on any atom is -0.298 e. The van der Waals surface area contributed by atoms with Crippen LogP contribution in [-0.4, -0.2) is 14.4 Å². The first-order chi connectivity index (χ1) is 7.75. The van der Waals surface area contributed by atoms with Crippen LogP contribution in [0, 0.1) is 0 Å². The van der Waals surface area contributed by atoms with Crippen molar-refractivity contribution in [2.75, 3.05) is 0 Å². The number of imidazole rings is 1. The van der Waals surface area contributed by atoms with Gasteiger partial charge in [0.2, 0.25) is 0 Å². The highest BCUT2D eigenvalue weighted by Crippen LogP contribution is 2.19. The van der Waals surface area contributed by atoms with Gasteiger partial charge in [0.1, 0.15) is 5.65 Å². The van der Waals surface area contributed by atoms with Crippen molar-refractivity contribution in [1.29, 1.82) is 0 Å². The van der Waals surface area contributed by atoms with Crippen molar-refractivity contribution >= 4 is 16.7 Å². The summed E-state index contributed by atoms with van der Waals surface area (Å²) in [6.07, 6.45) is 5.79. The van der Waals surface area contributed by atoms with Crippen LogP contribution in [0.1, 0.15) is 25.3 Å². The SMILES string of the molecule is CC(C)c1ccc2nc3ccncc3n2c1. The van der Waals surface area contributed by atoms with Crippen LogP contribution in [0.15, 0.2) is 36.8 Å². The first kappa shape index (κ1) is 9.33. The van der Waals surface area contributed by atoms with Gasteiger partial charge in [-0.05, 0) is 23.6 Å². The van der Waals surface area contributed by atoms with Crippen LogP contribution in [0.2, 0.25) is 0 Å². The second-order valence-corrected chi connectivity index (χ2v) is 4.32. The van der Waals surface area contributed by atoms with E-state index in [1.54, 1.807) is 6.20 Å². The fourth-order valence-electron chi connectivity index (χ4n) is 1.92. The maximum absolute atomic E-state index is 4.54. The molecule has 0 amide bonds. The second kappa shape index (κ2) is 3.30. The molecule has 3 rings (SSSR count). The molecule has 0 fully saturated rings. The molecule has 80 valence electrons. The molecule has 3 nitrogen and oxygen atoms in total. The predicted octanol–water partition coefficient (Wildman–Crippen LogP) is 3.01. The lowest BCUT2D eigenvalue weighted by Crippen LogP contribution is -1.92. The zero-order chi connectivity index (χ0) is 11.1. The Bertz CT molecular complexity index is 652. The number of pyridine rings is 2. The third-order valence-electron chi connectivity index (χ3n) is 2.89. The number of rotatable bonds is 1. The van der Waals surface area contributed by atoms with Crippen LogP contribution in [0.4, 0.5) is 0 Å². The Hall–Kier alpha value is -1.90. The fourth-order valence-corrected chi connectivity index (χ4v) is 1.92. The van der Waals surface area contributed by atoms with Crippen molar-refractivity contribution in [1.82, 2.24) is 14.4 Å². The van der Waals surface area contributed by atoms with Gasteiger partial charge in [-0.3, -0.25) is 9.38 Å². The number of hydrogen-bond donors (Lipinski definition) is 0. The van der Waals surface area contributed by atoms with E-state index < -0.39 is 0 Å². The molecular weight excluding hydrogens is 198 g/mol. The molecule has 0 spiro atoms. The molecule has 0 aliphatic heterocycles. The lowest BCUT2D eigenvalue weighted by atomic mass is 10.1. The van der Waals surface area contributed by atoms with E-state index in [-0.39, 0.29) is 0 Å². The Balaban J connectivity index is 2.40. The third kappa shape index (κ3) is 1.28. The molecule has 0 bridgehead atoms. The predicted molar refractivity (Wildman–Crippen MR) is 64.6 cm³/mol. The number of nitrogens with zero attached hydrogens (tertiary/aromatic N) is 3. The molecule has 0 aliphatic carbocycles. The number of hydrogen-bond acceptors (Lipinski definition) is 2. The average Bonchev–Trinajstić information content (AvgIpc) is 2.66. The summed E-state index contributed by atoms with van der Waals surface area (Å²) in [6.45, 7) is 4.39. The molecule has 0 atom stereocenters. The highest BCUT2D eigenvalue weighted by Gasteiger charge is 2.05. The topological polar surface area (TPSA) is 30.2 Å². The zero-order valence-electron chi connectivity index (χ0n) is 9.38. The molecule has 0 radical (unpaired) electrons. The summed E-state index contributed by atoms with van der Waals surface area (Å²) in [6, 6.07) is 6.14. The molecule has 0 saturated heterocycles. The number of fused-ring (bicyclic) bond motifs is 3. The van der Waals surface area contributed by atoms with Crippen LogP contribution >= 0.6 is 0 Å². The van der Waals surface area contributed by atoms with E-state index in [1.807, 2.05) is 12.3 Å². The molecule has 3 heteroatoms. The molecular formula is C13H13N3. The van der Waals surface area contributed by atoms with Gasteiger partial charge in [-0.15, -0.1) is 0 Å². The first-order valence-corrected chi connectivity index (χ1v) is 5.47. The van der Waals surface area contributed by atoms with Crippen LogP contribution in [0.25, 0.3) is 16.7 Å². The van der Waals surface area contributed by atoms with E-state index >= 15 is 0 Å². The molecule has 0 unspecified atom stereocenters. The first-order valence-electron chi connectivity index (χ1n) is 5.47. The summed E-state index contributed by atoms with van der Waals surface area (Å²) in [5.41, 5.74) is 4.36. The summed E-state index contributed by atoms with van der Waals surface area (Å²) in [4.78, 5) is 8.69. The summed E-state index contributed by atoms with van der Waals surface area (Å²) < 4.78 is 2.11. The minimum absolute atomic E-state index is 0.526. The number of aromatic nitrogens is 3. The van der Waals surface area contributed by atoms with Crippen molar-refractivity contribution in [2.24, 2.45) is 0 Å². The van der Waals surface area contributed by atoms with Crippen molar-refractivity contribution in [2.45, 2.75) is 19.8 Å². The Morgan fingerprint density at radius 3 is 2.88 bits per heavy atom. The molecule has 0 N–H and O–H groups in total. The maximum Gasteiger partial charge on any atom is 0.137 e. The zero-order valence-corrected chi connectivity index (χ0v) is 9.38. The lowest BCUT2D eigenvalue weighted by molar-refractivity contribution is 0.855. The van der Waals surface area contributed by atoms with E-state index in [0.717, 1.165) is 16.7 Å². The van der Waals surface area contributed by atoms with Gasteiger partial charge in [0.05, 0.1) is 17.2 Å². The molecule has 3 aromatic rings. The lowest BCUT2D eigenvalue weighted by Gasteiger charge is -2.05. The van der Waals surface area contributed by atoms with Gasteiger partial charge in [-0.25, -0.2) is 4.98 Å². The second-order valence-electron chi connectivity index (χ2n) is 4.32. The quantitative estimate of drug-likeness (QED) is 0.619. The largest absolute Gasteiger partial charge is 0.298 e. The normalized spacial score (nSPS) is 11.7.